The molecule has 0 heterocycles. The lowest BCUT2D eigenvalue weighted by atomic mass is 10.0. The molecule has 100 valence electrons. The minimum Gasteiger partial charge on any atom is -0.508 e. The van der Waals surface area contributed by atoms with Crippen LogP contribution in [0.3, 0.4) is 0 Å². The lowest BCUT2D eigenvalue weighted by molar-refractivity contribution is -0.119. The van der Waals surface area contributed by atoms with Gasteiger partial charge in [-0.1, -0.05) is 12.1 Å². The molecular weight excluding hydrogens is 254 g/mol. The summed E-state index contributed by atoms with van der Waals surface area (Å²) in [6, 6.07) is 5.56. The van der Waals surface area contributed by atoms with Crippen LogP contribution in [-0.2, 0) is 21.1 Å². The monoisotopic (exact) mass is 271 g/mol. The fourth-order valence-electron chi connectivity index (χ4n) is 1.50. The van der Waals surface area contributed by atoms with Gasteiger partial charge in [0.25, 0.3) is 0 Å². The second kappa shape index (κ2) is 5.97. The molecule has 5 nitrogen and oxygen atoms in total. The first-order valence-corrected chi connectivity index (χ1v) is 7.58. The molecule has 0 aliphatic heterocycles. The summed E-state index contributed by atoms with van der Waals surface area (Å²) in [4.78, 5) is 11.7. The minimum atomic E-state index is -3.10. The average Bonchev–Trinajstić information content (AvgIpc) is 2.24. The van der Waals surface area contributed by atoms with Crippen molar-refractivity contribution in [3.8, 4) is 5.75 Å². The first kappa shape index (κ1) is 14.7. The molecule has 1 rings (SSSR count). The highest BCUT2D eigenvalue weighted by molar-refractivity contribution is 7.90. The number of benzene rings is 1. The predicted octanol–water partition coefficient (Wildman–Crippen LogP) is 0.266. The summed E-state index contributed by atoms with van der Waals surface area (Å²) in [6.45, 7) is 0. The smallest absolute Gasteiger partial charge is 0.153 e. The molecule has 0 fully saturated rings. The number of carbonyl (C=O) groups excluding carboxylic acids is 1. The van der Waals surface area contributed by atoms with E-state index in [9.17, 15) is 18.3 Å². The number of hydrogen-bond donors (Lipinski definition) is 2. The van der Waals surface area contributed by atoms with Crippen LogP contribution in [0.2, 0.25) is 0 Å². The fraction of sp³-hybridized carbons (Fsp3) is 0.417. The molecule has 1 atom stereocenters. The van der Waals surface area contributed by atoms with Crippen molar-refractivity contribution in [1.82, 2.24) is 0 Å². The molecule has 1 aromatic rings. The van der Waals surface area contributed by atoms with E-state index in [1.54, 1.807) is 12.1 Å². The second-order valence-corrected chi connectivity index (χ2v) is 6.60. The molecule has 1 aromatic carbocycles. The predicted molar refractivity (Wildman–Crippen MR) is 69.1 cm³/mol. The van der Waals surface area contributed by atoms with E-state index >= 15 is 0 Å². The van der Waals surface area contributed by atoms with Gasteiger partial charge in [-0.2, -0.15) is 0 Å². The lowest BCUT2D eigenvalue weighted by Crippen LogP contribution is -2.33. The van der Waals surface area contributed by atoms with E-state index in [4.69, 9.17) is 5.73 Å². The lowest BCUT2D eigenvalue weighted by Gasteiger charge is -2.09. The topological polar surface area (TPSA) is 97.5 Å². The number of sulfone groups is 1. The molecule has 6 heteroatoms. The van der Waals surface area contributed by atoms with Gasteiger partial charge in [-0.05, 0) is 24.1 Å². The highest BCUT2D eigenvalue weighted by Gasteiger charge is 2.16. The Balaban J connectivity index is 2.55. The van der Waals surface area contributed by atoms with Crippen LogP contribution in [0.15, 0.2) is 24.3 Å². The van der Waals surface area contributed by atoms with Crippen molar-refractivity contribution in [3.05, 3.63) is 29.8 Å². The van der Waals surface area contributed by atoms with E-state index in [2.05, 4.69) is 0 Å². The van der Waals surface area contributed by atoms with Gasteiger partial charge >= 0.3 is 0 Å². The third-order valence-electron chi connectivity index (χ3n) is 2.50. The Morgan fingerprint density at radius 1 is 1.44 bits per heavy atom. The third kappa shape index (κ3) is 5.29. The van der Waals surface area contributed by atoms with Gasteiger partial charge in [-0.25, -0.2) is 8.42 Å². The van der Waals surface area contributed by atoms with Gasteiger partial charge in [0.15, 0.2) is 5.78 Å². The largest absolute Gasteiger partial charge is 0.508 e. The SMILES string of the molecule is CS(=O)(=O)CCC(N)C(=O)Cc1cccc(O)c1. The Hall–Kier alpha value is -1.40. The van der Waals surface area contributed by atoms with Crippen LogP contribution in [0, 0.1) is 0 Å². The molecule has 18 heavy (non-hydrogen) atoms. The molecule has 0 radical (unpaired) electrons. The summed E-state index contributed by atoms with van der Waals surface area (Å²) in [5.74, 6) is -0.241. The Labute approximate surface area is 107 Å². The number of rotatable bonds is 6. The van der Waals surface area contributed by atoms with Crippen molar-refractivity contribution in [2.24, 2.45) is 5.73 Å². The molecule has 0 aliphatic carbocycles. The molecule has 0 spiro atoms. The van der Waals surface area contributed by atoms with Crippen molar-refractivity contribution in [2.45, 2.75) is 18.9 Å². The maximum absolute atomic E-state index is 11.7. The van der Waals surface area contributed by atoms with Gasteiger partial charge in [0.2, 0.25) is 0 Å². The van der Waals surface area contributed by atoms with Crippen molar-refractivity contribution in [3.63, 3.8) is 0 Å². The maximum atomic E-state index is 11.7. The van der Waals surface area contributed by atoms with Crippen molar-refractivity contribution in [2.75, 3.05) is 12.0 Å². The Morgan fingerprint density at radius 3 is 2.67 bits per heavy atom. The van der Waals surface area contributed by atoms with E-state index < -0.39 is 15.9 Å². The molecule has 0 aliphatic rings. The van der Waals surface area contributed by atoms with E-state index in [0.717, 1.165) is 6.26 Å². The molecule has 0 saturated heterocycles. The highest BCUT2D eigenvalue weighted by Crippen LogP contribution is 2.12. The van der Waals surface area contributed by atoms with Crippen molar-refractivity contribution >= 4 is 15.6 Å². The van der Waals surface area contributed by atoms with Gasteiger partial charge in [0, 0.05) is 12.7 Å². The summed E-state index contributed by atoms with van der Waals surface area (Å²) in [5, 5.41) is 9.25. The molecule has 1 unspecified atom stereocenters. The fourth-order valence-corrected chi connectivity index (χ4v) is 2.18. The van der Waals surface area contributed by atoms with Gasteiger partial charge < -0.3 is 10.8 Å². The van der Waals surface area contributed by atoms with Gasteiger partial charge in [0.1, 0.15) is 15.6 Å². The first-order valence-electron chi connectivity index (χ1n) is 5.52. The van der Waals surface area contributed by atoms with Crippen molar-refractivity contribution < 1.29 is 18.3 Å². The van der Waals surface area contributed by atoms with Crippen LogP contribution in [0.1, 0.15) is 12.0 Å². The zero-order valence-electron chi connectivity index (χ0n) is 10.2. The molecule has 0 aromatic heterocycles. The second-order valence-electron chi connectivity index (χ2n) is 4.34. The zero-order valence-corrected chi connectivity index (χ0v) is 11.0. The Kier molecular flexibility index (Phi) is 4.86. The number of phenols is 1. The normalized spacial score (nSPS) is 13.2. The number of ketones is 1. The van der Waals surface area contributed by atoms with Crippen LogP contribution < -0.4 is 5.73 Å². The standard InChI is InChI=1S/C12H17NO4S/c1-18(16,17)6-5-11(13)12(15)8-9-3-2-4-10(14)7-9/h2-4,7,11,14H,5-6,8,13H2,1H3. The summed E-state index contributed by atoms with van der Waals surface area (Å²) in [7, 11) is -3.10. The number of aromatic hydroxyl groups is 1. The quantitative estimate of drug-likeness (QED) is 0.773. The van der Waals surface area contributed by atoms with E-state index in [-0.39, 0.29) is 30.1 Å². The molecule has 0 saturated carbocycles. The number of hydrogen-bond acceptors (Lipinski definition) is 5. The van der Waals surface area contributed by atoms with Crippen molar-refractivity contribution in [1.29, 1.82) is 0 Å². The van der Waals surface area contributed by atoms with Crippen LogP contribution in [-0.4, -0.2) is 37.4 Å². The molecular formula is C12H17NO4S. The van der Waals surface area contributed by atoms with Gasteiger partial charge in [-0.3, -0.25) is 4.79 Å². The first-order chi connectivity index (χ1) is 8.28. The highest BCUT2D eigenvalue weighted by atomic mass is 32.2. The van der Waals surface area contributed by atoms with Crippen LogP contribution in [0.25, 0.3) is 0 Å². The van der Waals surface area contributed by atoms with Crippen LogP contribution in [0.5, 0.6) is 5.75 Å². The number of carbonyl (C=O) groups is 1. The molecule has 3 N–H and O–H groups in total. The molecule has 0 amide bonds. The van der Waals surface area contributed by atoms with Crippen LogP contribution >= 0.6 is 0 Å². The minimum absolute atomic E-state index is 0.0880. The maximum Gasteiger partial charge on any atom is 0.153 e. The number of nitrogens with two attached hydrogens (primary N) is 1. The Bertz CT molecular complexity index is 525. The number of phenolic OH excluding ortho intramolecular Hbond substituents is 1. The molecule has 0 bridgehead atoms. The average molecular weight is 271 g/mol. The van der Waals surface area contributed by atoms with Gasteiger partial charge in [0.05, 0.1) is 11.8 Å². The summed E-state index contributed by atoms with van der Waals surface area (Å²) in [5.41, 5.74) is 6.30. The number of Topliss-reactive ketones (excluding diaryl/α,β-unsaturated/α-hetero) is 1. The van der Waals surface area contributed by atoms with Gasteiger partial charge in [-0.15, -0.1) is 0 Å². The summed E-state index contributed by atoms with van der Waals surface area (Å²) in [6.07, 6.45) is 1.33. The summed E-state index contributed by atoms with van der Waals surface area (Å²) >= 11 is 0. The zero-order chi connectivity index (χ0) is 13.8. The third-order valence-corrected chi connectivity index (χ3v) is 3.48. The van der Waals surface area contributed by atoms with E-state index in [0.29, 0.717) is 5.56 Å². The van der Waals surface area contributed by atoms with Crippen LogP contribution in [0.4, 0.5) is 0 Å². The Morgan fingerprint density at radius 2 is 2.11 bits per heavy atom. The summed E-state index contributed by atoms with van der Waals surface area (Å²) < 4.78 is 21.9. The van der Waals surface area contributed by atoms with E-state index in [1.165, 1.54) is 12.1 Å². The van der Waals surface area contributed by atoms with E-state index in [1.807, 2.05) is 0 Å².